The molecule has 1 fully saturated rings. The second-order valence-corrected chi connectivity index (χ2v) is 9.62. The Morgan fingerprint density at radius 3 is 1.82 bits per heavy atom. The lowest BCUT2D eigenvalue weighted by molar-refractivity contribution is -0.107. The second-order valence-electron chi connectivity index (χ2n) is 9.24. The molecule has 3 aromatic carbocycles. The number of nitrogens with zero attached hydrogens (tertiary/aromatic N) is 4. The number of urea groups is 1. The van der Waals surface area contributed by atoms with E-state index >= 15 is 0 Å². The predicted molar refractivity (Wildman–Crippen MR) is 149 cm³/mol. The Labute approximate surface area is 229 Å². The number of anilines is 1. The molecule has 0 spiro atoms. The summed E-state index contributed by atoms with van der Waals surface area (Å²) in [7, 11) is 0. The fraction of sp³-hybridized carbons (Fsp3) is 0.167. The van der Waals surface area contributed by atoms with Crippen LogP contribution in [-0.4, -0.2) is 44.7 Å². The van der Waals surface area contributed by atoms with Crippen LogP contribution in [0.3, 0.4) is 0 Å². The van der Waals surface area contributed by atoms with Crippen molar-refractivity contribution in [2.45, 2.75) is 18.9 Å². The van der Waals surface area contributed by atoms with Crippen molar-refractivity contribution in [1.82, 2.24) is 19.7 Å². The molecular weight excluding hydrogens is 520 g/mol. The Kier molecular flexibility index (Phi) is 6.82. The lowest BCUT2D eigenvalue weighted by Crippen LogP contribution is -2.59. The first-order valence-electron chi connectivity index (χ1n) is 12.0. The highest BCUT2D eigenvalue weighted by atomic mass is 35.5. The van der Waals surface area contributed by atoms with E-state index in [1.54, 1.807) is 6.07 Å². The van der Waals surface area contributed by atoms with Crippen molar-refractivity contribution >= 4 is 34.4 Å². The molecule has 5 aromatic rings. The van der Waals surface area contributed by atoms with E-state index in [0.29, 0.717) is 10.9 Å². The first kappa shape index (κ1) is 26.3. The second kappa shape index (κ2) is 10.1. The molecule has 2 aromatic heterocycles. The minimum atomic E-state index is -2.88. The van der Waals surface area contributed by atoms with Gasteiger partial charge in [0.05, 0.1) is 24.0 Å². The molecule has 1 N–H and O–H groups in total. The summed E-state index contributed by atoms with van der Waals surface area (Å²) in [5.74, 6) is -2.67. The number of alkyl halides is 2. The highest BCUT2D eigenvalue weighted by molar-refractivity contribution is 6.30. The van der Waals surface area contributed by atoms with Crippen LogP contribution in [0, 0.1) is 0 Å². The van der Waals surface area contributed by atoms with Crippen molar-refractivity contribution in [1.29, 1.82) is 0 Å². The zero-order valence-corrected chi connectivity index (χ0v) is 20.8. The molecule has 198 valence electrons. The summed E-state index contributed by atoms with van der Waals surface area (Å²) in [5, 5.41) is 8.43. The van der Waals surface area contributed by atoms with Gasteiger partial charge in [-0.25, -0.2) is 23.2 Å². The lowest BCUT2D eigenvalue weighted by Gasteiger charge is -2.38. The molecule has 0 saturated carbocycles. The lowest BCUT2D eigenvalue weighted by atomic mass is 9.77. The number of pyridine rings is 1. The molecule has 1 aliphatic rings. The molecule has 6 rings (SSSR count). The zero-order valence-electron chi connectivity index (χ0n) is 20.1. The Balaban J connectivity index is 0.00000308. The van der Waals surface area contributed by atoms with E-state index in [1.165, 1.54) is 6.20 Å². The average molecular weight is 546 g/mol. The number of rotatable bonds is 5. The Morgan fingerprint density at radius 2 is 1.36 bits per heavy atom. The maximum absolute atomic E-state index is 13.4. The first-order chi connectivity index (χ1) is 18.4. The van der Waals surface area contributed by atoms with E-state index in [0.717, 1.165) is 21.6 Å². The molecule has 0 radical (unpaired) electrons. The highest BCUT2D eigenvalue weighted by Crippen LogP contribution is 2.43. The number of nitrogens with one attached hydrogen (secondary N) is 1. The van der Waals surface area contributed by atoms with Crippen molar-refractivity contribution < 1.29 is 13.6 Å². The number of hydrogen-bond acceptors (Lipinski definition) is 3. The summed E-state index contributed by atoms with van der Waals surface area (Å²) in [6.07, 6.45) is 1.53. The molecular formula is C30H26ClF2N5O. The van der Waals surface area contributed by atoms with Gasteiger partial charge in [0.15, 0.2) is 5.82 Å². The fourth-order valence-electron chi connectivity index (χ4n) is 5.07. The van der Waals surface area contributed by atoms with Gasteiger partial charge in [0.2, 0.25) is 0 Å². The summed E-state index contributed by atoms with van der Waals surface area (Å²) >= 11 is 6.38. The van der Waals surface area contributed by atoms with Crippen LogP contribution < -0.4 is 5.32 Å². The maximum Gasteiger partial charge on any atom is 0.323 e. The van der Waals surface area contributed by atoms with Gasteiger partial charge in [0, 0.05) is 12.3 Å². The number of likely N-dealkylation sites (tertiary alicyclic amines) is 1. The molecule has 0 bridgehead atoms. The van der Waals surface area contributed by atoms with E-state index < -0.39 is 30.6 Å². The topological polar surface area (TPSA) is 63.1 Å². The van der Waals surface area contributed by atoms with E-state index in [1.807, 2.05) is 95.7 Å². The zero-order chi connectivity index (χ0) is 26.3. The average Bonchev–Trinajstić information content (AvgIpc) is 3.27. The van der Waals surface area contributed by atoms with Gasteiger partial charge in [0.25, 0.3) is 5.92 Å². The molecule has 2 amide bonds. The van der Waals surface area contributed by atoms with Crippen molar-refractivity contribution in [3.8, 4) is 0 Å². The van der Waals surface area contributed by atoms with Crippen molar-refractivity contribution in [2.75, 3.05) is 18.4 Å². The minimum absolute atomic E-state index is 0. The molecule has 6 nitrogen and oxygen atoms in total. The third-order valence-corrected chi connectivity index (χ3v) is 6.99. The van der Waals surface area contributed by atoms with Gasteiger partial charge >= 0.3 is 6.03 Å². The largest absolute Gasteiger partial charge is 0.323 e. The van der Waals surface area contributed by atoms with Crippen LogP contribution in [0.25, 0.3) is 10.9 Å². The summed E-state index contributed by atoms with van der Waals surface area (Å²) in [4.78, 5) is 18.1. The van der Waals surface area contributed by atoms with Gasteiger partial charge in [-0.2, -0.15) is 5.10 Å². The van der Waals surface area contributed by atoms with Crippen LogP contribution in [0.15, 0.2) is 103 Å². The third kappa shape index (κ3) is 4.51. The van der Waals surface area contributed by atoms with Crippen LogP contribution in [-0.2, 0) is 5.54 Å². The van der Waals surface area contributed by atoms with Gasteiger partial charge in [-0.1, -0.05) is 110 Å². The molecule has 0 aliphatic carbocycles. The van der Waals surface area contributed by atoms with Crippen molar-refractivity contribution in [3.63, 3.8) is 0 Å². The van der Waals surface area contributed by atoms with Crippen molar-refractivity contribution in [2.24, 2.45) is 0 Å². The normalized spacial score (nSPS) is 14.4. The van der Waals surface area contributed by atoms with Crippen LogP contribution in [0.4, 0.5) is 19.4 Å². The number of hydrogen-bond donors (Lipinski definition) is 1. The molecule has 3 heterocycles. The smallest absolute Gasteiger partial charge is 0.312 e. The van der Waals surface area contributed by atoms with Crippen LogP contribution in [0.2, 0.25) is 5.15 Å². The Hall–Kier alpha value is -4.30. The monoisotopic (exact) mass is 545 g/mol. The predicted octanol–water partition coefficient (Wildman–Crippen LogP) is 7.04. The molecule has 39 heavy (non-hydrogen) atoms. The van der Waals surface area contributed by atoms with E-state index in [2.05, 4.69) is 10.3 Å². The first-order valence-corrected chi connectivity index (χ1v) is 12.4. The van der Waals surface area contributed by atoms with Crippen LogP contribution >= 0.6 is 11.6 Å². The number of aromatic nitrogens is 3. The Morgan fingerprint density at radius 1 is 0.872 bits per heavy atom. The quantitative estimate of drug-likeness (QED) is 0.190. The Bertz CT molecular complexity index is 1510. The van der Waals surface area contributed by atoms with E-state index in [-0.39, 0.29) is 18.4 Å². The summed E-state index contributed by atoms with van der Waals surface area (Å²) in [5.41, 5.74) is 2.42. The van der Waals surface area contributed by atoms with E-state index in [4.69, 9.17) is 16.7 Å². The minimum Gasteiger partial charge on any atom is -0.312 e. The standard InChI is InChI=1S/C29H22ClF2N5O.CH4/c30-25-16-24-23(17-33-25)26(34-27(38)36-18-28(31,32)19-36)35-37(24)29(20-10-4-1-5-11-20,21-12-6-2-7-13-21)22-14-8-3-9-15-22;/h1-17H,18-19H2,(H,34,35,38);1H4. The number of benzene rings is 3. The van der Waals surface area contributed by atoms with E-state index in [9.17, 15) is 13.6 Å². The molecule has 0 atom stereocenters. The molecule has 1 saturated heterocycles. The van der Waals surface area contributed by atoms with Gasteiger partial charge in [-0.15, -0.1) is 0 Å². The van der Waals surface area contributed by atoms with Crippen LogP contribution in [0.1, 0.15) is 24.1 Å². The van der Waals surface area contributed by atoms with Gasteiger partial charge in [-0.3, -0.25) is 5.32 Å². The summed E-state index contributed by atoms with van der Waals surface area (Å²) < 4.78 is 28.7. The summed E-state index contributed by atoms with van der Waals surface area (Å²) in [6.45, 7) is -1.27. The fourth-order valence-corrected chi connectivity index (χ4v) is 5.23. The molecule has 1 aliphatic heterocycles. The van der Waals surface area contributed by atoms with Crippen molar-refractivity contribution in [3.05, 3.63) is 125 Å². The number of fused-ring (bicyclic) bond motifs is 1. The van der Waals surface area contributed by atoms with Crippen LogP contribution in [0.5, 0.6) is 0 Å². The number of carbonyl (C=O) groups is 1. The third-order valence-electron chi connectivity index (χ3n) is 6.78. The number of halogens is 3. The molecule has 0 unspecified atom stereocenters. The van der Waals surface area contributed by atoms with Gasteiger partial charge in [0.1, 0.15) is 10.7 Å². The number of amides is 2. The number of carbonyl (C=O) groups excluding carboxylic acids is 1. The van der Waals surface area contributed by atoms with Gasteiger partial charge < -0.3 is 4.90 Å². The molecule has 9 heteroatoms. The summed E-state index contributed by atoms with van der Waals surface area (Å²) in [6, 6.07) is 30.8. The van der Waals surface area contributed by atoms with Gasteiger partial charge in [-0.05, 0) is 16.7 Å². The highest BCUT2D eigenvalue weighted by Gasteiger charge is 2.47. The SMILES string of the molecule is C.O=C(Nc1nn(C(c2ccccc2)(c2ccccc2)c2ccccc2)c2cc(Cl)ncc12)N1CC(F)(F)C1. The maximum atomic E-state index is 13.4.